The molecule has 0 aromatic heterocycles. The second-order valence-electron chi connectivity index (χ2n) is 5.42. The molecule has 0 heterocycles. The second kappa shape index (κ2) is 9.82. The van der Waals surface area contributed by atoms with E-state index in [-0.39, 0.29) is 12.5 Å². The summed E-state index contributed by atoms with van der Waals surface area (Å²) in [5, 5.41) is 2.82. The van der Waals surface area contributed by atoms with Crippen LogP contribution < -0.4 is 11.1 Å². The molecule has 122 valence electrons. The Balaban J connectivity index is 2.30. The molecule has 0 bridgehead atoms. The standard InChI is InChI=1S/C17H26N2O3/c1-3-5-6-13(4-2)11-19-16(20)12-22-17(21)14-7-9-15(18)10-8-14/h7-10,13H,3-6,11-12,18H2,1-2H3,(H,19,20)/t13-/m1/s1. The molecule has 5 nitrogen and oxygen atoms in total. The summed E-state index contributed by atoms with van der Waals surface area (Å²) < 4.78 is 4.99. The number of nitrogens with two attached hydrogens (primary N) is 1. The molecule has 5 heteroatoms. The maximum atomic E-state index is 11.8. The molecule has 1 rings (SSSR count). The summed E-state index contributed by atoms with van der Waals surface area (Å²) in [6, 6.07) is 6.40. The molecule has 0 radical (unpaired) electrons. The van der Waals surface area contributed by atoms with Gasteiger partial charge in [0.1, 0.15) is 0 Å². The molecular weight excluding hydrogens is 280 g/mol. The normalized spacial score (nSPS) is 11.7. The van der Waals surface area contributed by atoms with Crippen LogP contribution in [0.4, 0.5) is 5.69 Å². The Morgan fingerprint density at radius 2 is 1.91 bits per heavy atom. The summed E-state index contributed by atoms with van der Waals surface area (Å²) in [4.78, 5) is 23.5. The number of carbonyl (C=O) groups excluding carboxylic acids is 2. The minimum atomic E-state index is -0.520. The van der Waals surface area contributed by atoms with Crippen LogP contribution in [0.1, 0.15) is 49.9 Å². The van der Waals surface area contributed by atoms with Gasteiger partial charge >= 0.3 is 5.97 Å². The molecule has 1 amide bonds. The maximum absolute atomic E-state index is 11.8. The van der Waals surface area contributed by atoms with E-state index < -0.39 is 5.97 Å². The van der Waals surface area contributed by atoms with Crippen molar-refractivity contribution in [2.45, 2.75) is 39.5 Å². The van der Waals surface area contributed by atoms with Gasteiger partial charge in [-0.15, -0.1) is 0 Å². The van der Waals surface area contributed by atoms with Crippen molar-refractivity contribution in [2.24, 2.45) is 5.92 Å². The molecule has 0 aliphatic rings. The van der Waals surface area contributed by atoms with Crippen LogP contribution in [0.5, 0.6) is 0 Å². The van der Waals surface area contributed by atoms with Crippen LogP contribution in [0.15, 0.2) is 24.3 Å². The second-order valence-corrected chi connectivity index (χ2v) is 5.42. The minimum Gasteiger partial charge on any atom is -0.452 e. The van der Waals surface area contributed by atoms with Gasteiger partial charge in [-0.3, -0.25) is 4.79 Å². The Morgan fingerprint density at radius 3 is 2.50 bits per heavy atom. The number of carbonyl (C=O) groups is 2. The number of rotatable bonds is 9. The smallest absolute Gasteiger partial charge is 0.338 e. The third-order valence-corrected chi connectivity index (χ3v) is 3.61. The molecule has 1 aromatic carbocycles. The van der Waals surface area contributed by atoms with Gasteiger partial charge < -0.3 is 15.8 Å². The van der Waals surface area contributed by atoms with E-state index >= 15 is 0 Å². The molecule has 22 heavy (non-hydrogen) atoms. The molecule has 0 unspecified atom stereocenters. The van der Waals surface area contributed by atoms with Crippen molar-refractivity contribution in [3.05, 3.63) is 29.8 Å². The first-order chi connectivity index (χ1) is 10.6. The lowest BCUT2D eigenvalue weighted by Crippen LogP contribution is -2.32. The van der Waals surface area contributed by atoms with Gasteiger partial charge in [0.25, 0.3) is 5.91 Å². The zero-order valence-electron chi connectivity index (χ0n) is 13.4. The van der Waals surface area contributed by atoms with Crippen molar-refractivity contribution in [3.8, 4) is 0 Å². The molecule has 0 aliphatic carbocycles. The van der Waals surface area contributed by atoms with E-state index in [1.54, 1.807) is 24.3 Å². The first kappa shape index (κ1) is 18.0. The monoisotopic (exact) mass is 306 g/mol. The first-order valence-corrected chi connectivity index (χ1v) is 7.86. The molecule has 0 aliphatic heterocycles. The van der Waals surface area contributed by atoms with Crippen LogP contribution in [0.3, 0.4) is 0 Å². The van der Waals surface area contributed by atoms with E-state index in [4.69, 9.17) is 10.5 Å². The molecule has 3 N–H and O–H groups in total. The first-order valence-electron chi connectivity index (χ1n) is 7.86. The minimum absolute atomic E-state index is 0.257. The van der Waals surface area contributed by atoms with Crippen LogP contribution in [0.25, 0.3) is 0 Å². The van der Waals surface area contributed by atoms with Crippen molar-refractivity contribution < 1.29 is 14.3 Å². The van der Waals surface area contributed by atoms with Crippen molar-refractivity contribution in [1.29, 1.82) is 0 Å². The number of esters is 1. The highest BCUT2D eigenvalue weighted by Gasteiger charge is 2.11. The third kappa shape index (κ3) is 6.61. The van der Waals surface area contributed by atoms with Crippen molar-refractivity contribution in [1.82, 2.24) is 5.32 Å². The van der Waals surface area contributed by atoms with E-state index in [1.807, 2.05) is 0 Å². The van der Waals surface area contributed by atoms with E-state index in [0.29, 0.717) is 23.7 Å². The van der Waals surface area contributed by atoms with E-state index in [1.165, 1.54) is 6.42 Å². The number of anilines is 1. The molecule has 1 aromatic rings. The molecule has 1 atom stereocenters. The Hall–Kier alpha value is -2.04. The third-order valence-electron chi connectivity index (χ3n) is 3.61. The Bertz CT molecular complexity index is 471. The lowest BCUT2D eigenvalue weighted by atomic mass is 9.99. The summed E-state index contributed by atoms with van der Waals surface area (Å²) in [6.45, 7) is 4.65. The van der Waals surface area contributed by atoms with Gasteiger partial charge in [0.05, 0.1) is 5.56 Å². The van der Waals surface area contributed by atoms with Gasteiger partial charge in [-0.05, 0) is 36.6 Å². The highest BCUT2D eigenvalue weighted by molar-refractivity contribution is 5.91. The molecular formula is C17H26N2O3. The number of unbranched alkanes of at least 4 members (excludes halogenated alkanes) is 1. The number of hydrogen-bond donors (Lipinski definition) is 2. The zero-order chi connectivity index (χ0) is 16.4. The van der Waals surface area contributed by atoms with Gasteiger partial charge in [-0.25, -0.2) is 4.79 Å². The fourth-order valence-corrected chi connectivity index (χ4v) is 2.09. The summed E-state index contributed by atoms with van der Waals surface area (Å²) in [5.74, 6) is -0.302. The largest absolute Gasteiger partial charge is 0.452 e. The summed E-state index contributed by atoms with van der Waals surface area (Å²) >= 11 is 0. The fraction of sp³-hybridized carbons (Fsp3) is 0.529. The summed E-state index contributed by atoms with van der Waals surface area (Å²) in [6.07, 6.45) is 4.47. The van der Waals surface area contributed by atoms with Gasteiger partial charge in [0.15, 0.2) is 6.61 Å². The Labute approximate surface area is 132 Å². The van der Waals surface area contributed by atoms with Gasteiger partial charge in [0.2, 0.25) is 0 Å². The zero-order valence-corrected chi connectivity index (χ0v) is 13.4. The van der Waals surface area contributed by atoms with Crippen LogP contribution in [0.2, 0.25) is 0 Å². The van der Waals surface area contributed by atoms with Crippen LogP contribution in [-0.2, 0) is 9.53 Å². The lowest BCUT2D eigenvalue weighted by Gasteiger charge is -2.15. The summed E-state index contributed by atoms with van der Waals surface area (Å²) in [7, 11) is 0. The van der Waals surface area contributed by atoms with Crippen molar-refractivity contribution >= 4 is 17.6 Å². The molecule has 0 spiro atoms. The average molecular weight is 306 g/mol. The van der Waals surface area contributed by atoms with Crippen LogP contribution >= 0.6 is 0 Å². The predicted octanol–water partition coefficient (Wildman–Crippen LogP) is 2.76. The number of hydrogen-bond acceptors (Lipinski definition) is 4. The molecule has 0 saturated heterocycles. The van der Waals surface area contributed by atoms with E-state index in [2.05, 4.69) is 19.2 Å². The number of nitrogen functional groups attached to an aromatic ring is 1. The predicted molar refractivity (Wildman–Crippen MR) is 87.5 cm³/mol. The molecule has 0 saturated carbocycles. The topological polar surface area (TPSA) is 81.4 Å². The fourth-order valence-electron chi connectivity index (χ4n) is 2.09. The number of amides is 1. The highest BCUT2D eigenvalue weighted by Crippen LogP contribution is 2.11. The van der Waals surface area contributed by atoms with Crippen molar-refractivity contribution in [2.75, 3.05) is 18.9 Å². The number of nitrogens with one attached hydrogen (secondary N) is 1. The number of ether oxygens (including phenoxy) is 1. The SMILES string of the molecule is CCCC[C@@H](CC)CNC(=O)COC(=O)c1ccc(N)cc1. The Kier molecular flexibility index (Phi) is 8.04. The average Bonchev–Trinajstić information content (AvgIpc) is 2.53. The van der Waals surface area contributed by atoms with Gasteiger partial charge in [-0.1, -0.05) is 33.1 Å². The van der Waals surface area contributed by atoms with E-state index in [0.717, 1.165) is 19.3 Å². The van der Waals surface area contributed by atoms with Gasteiger partial charge in [-0.2, -0.15) is 0 Å². The maximum Gasteiger partial charge on any atom is 0.338 e. The van der Waals surface area contributed by atoms with E-state index in [9.17, 15) is 9.59 Å². The quantitative estimate of drug-likeness (QED) is 0.543. The Morgan fingerprint density at radius 1 is 1.23 bits per heavy atom. The number of benzene rings is 1. The van der Waals surface area contributed by atoms with Crippen LogP contribution in [0, 0.1) is 5.92 Å². The summed E-state index contributed by atoms with van der Waals surface area (Å²) in [5.41, 5.74) is 6.51. The van der Waals surface area contributed by atoms with Crippen LogP contribution in [-0.4, -0.2) is 25.0 Å². The highest BCUT2D eigenvalue weighted by atomic mass is 16.5. The molecule has 0 fully saturated rings. The lowest BCUT2D eigenvalue weighted by molar-refractivity contribution is -0.124. The van der Waals surface area contributed by atoms with Gasteiger partial charge in [0, 0.05) is 12.2 Å². The van der Waals surface area contributed by atoms with Crippen molar-refractivity contribution in [3.63, 3.8) is 0 Å².